The summed E-state index contributed by atoms with van der Waals surface area (Å²) in [4.78, 5) is 0. The normalized spacial score (nSPS) is 11.6. The van der Waals surface area contributed by atoms with Gasteiger partial charge in [-0.2, -0.15) is 0 Å². The number of rotatable bonds is 3. The van der Waals surface area contributed by atoms with Crippen LogP contribution in [0.4, 0.5) is 43.9 Å². The molecule has 0 aliphatic heterocycles. The molecule has 13 heteroatoms. The lowest BCUT2D eigenvalue weighted by atomic mass is 10.3. The highest BCUT2D eigenvalue weighted by Crippen LogP contribution is 2.20. The van der Waals surface area contributed by atoms with Crippen LogP contribution in [0.25, 0.3) is 0 Å². The Kier molecular flexibility index (Phi) is 5.29. The van der Waals surface area contributed by atoms with Crippen LogP contribution in [-0.2, 0) is 4.12 Å². The molecule has 136 valence electrons. The van der Waals surface area contributed by atoms with Gasteiger partial charge in [-0.1, -0.05) is 0 Å². The summed E-state index contributed by atoms with van der Waals surface area (Å²) < 4.78 is 139. The molecule has 0 fully saturated rings. The highest BCUT2D eigenvalue weighted by Gasteiger charge is 2.38. The molecule has 0 atom stereocenters. The minimum absolute atomic E-state index is 0.561. The third kappa shape index (κ3) is 2.85. The van der Waals surface area contributed by atoms with Crippen LogP contribution in [0.2, 0.25) is 0 Å². The molecule has 2 rings (SSSR count). The van der Waals surface area contributed by atoms with Gasteiger partial charge >= 0.3 is 0 Å². The van der Waals surface area contributed by atoms with Crippen molar-refractivity contribution >= 4 is 29.9 Å². The van der Waals surface area contributed by atoms with Crippen molar-refractivity contribution < 1.29 is 48.0 Å². The van der Waals surface area contributed by atoms with Crippen molar-refractivity contribution in [3.63, 3.8) is 0 Å². The van der Waals surface area contributed by atoms with Gasteiger partial charge in [0, 0.05) is 10.4 Å². The van der Waals surface area contributed by atoms with E-state index in [1.54, 1.807) is 0 Å². The van der Waals surface area contributed by atoms with Crippen LogP contribution in [-0.4, -0.2) is 19.5 Å². The summed E-state index contributed by atoms with van der Waals surface area (Å²) in [5.74, 6) is -24.7. The molecule has 0 unspecified atom stereocenters. The van der Waals surface area contributed by atoms with Crippen LogP contribution in [0.15, 0.2) is 0 Å². The molecule has 2 aromatic carbocycles. The Morgan fingerprint density at radius 3 is 0.840 bits per heavy atom. The first-order chi connectivity index (χ1) is 11.6. The minimum atomic E-state index is -4.47. The summed E-state index contributed by atoms with van der Waals surface area (Å²) in [5.41, 5.74) is 0. The molecule has 0 bridgehead atoms. The van der Waals surface area contributed by atoms with E-state index in [1.807, 2.05) is 0 Å². The van der Waals surface area contributed by atoms with Gasteiger partial charge in [-0.3, -0.25) is 0 Å². The smallest absolute Gasteiger partial charge is 0.240 e. The molecule has 0 saturated heterocycles. The Labute approximate surface area is 137 Å². The topological polar surface area (TPSA) is 9.23 Å². The van der Waals surface area contributed by atoms with Gasteiger partial charge < -0.3 is 4.12 Å². The number of hydrogen-bond acceptors (Lipinski definition) is 1. The number of hydrogen-bond donors (Lipinski definition) is 0. The van der Waals surface area contributed by atoms with Crippen LogP contribution in [0, 0.1) is 58.2 Å². The zero-order chi connectivity index (χ0) is 19.2. The zero-order valence-electron chi connectivity index (χ0n) is 11.8. The van der Waals surface area contributed by atoms with Crippen LogP contribution in [0.5, 0.6) is 0 Å². The Morgan fingerprint density at radius 1 is 0.440 bits per heavy atom. The van der Waals surface area contributed by atoms with E-state index in [2.05, 4.69) is 4.12 Å². The van der Waals surface area contributed by atoms with Gasteiger partial charge in [0.2, 0.25) is 20.7 Å². The Bertz CT molecular complexity index is 744. The van der Waals surface area contributed by atoms with Crippen molar-refractivity contribution in [1.29, 1.82) is 0 Å². The van der Waals surface area contributed by atoms with E-state index >= 15 is 0 Å². The maximum absolute atomic E-state index is 13.8. The highest BCUT2D eigenvalue weighted by molar-refractivity contribution is 6.82. The quantitative estimate of drug-likeness (QED) is 0.320. The van der Waals surface area contributed by atoms with Crippen LogP contribution in [0.1, 0.15) is 0 Å². The van der Waals surface area contributed by atoms with E-state index in [0.717, 1.165) is 0 Å². The molecule has 0 heterocycles. The lowest BCUT2D eigenvalue weighted by molar-refractivity contribution is 0.380. The van der Waals surface area contributed by atoms with E-state index in [1.165, 1.54) is 0 Å². The van der Waals surface area contributed by atoms with Gasteiger partial charge in [-0.15, -0.1) is 0 Å². The molecule has 1 nitrogen and oxygen atoms in total. The fourth-order valence-electron chi connectivity index (χ4n) is 2.08. The van der Waals surface area contributed by atoms with Crippen molar-refractivity contribution in [3.05, 3.63) is 58.2 Å². The van der Waals surface area contributed by atoms with E-state index in [-0.39, 0.29) is 0 Å². The molecule has 25 heavy (non-hydrogen) atoms. The summed E-state index contributed by atoms with van der Waals surface area (Å²) in [6.45, 7) is 0. The first-order valence-corrected chi connectivity index (χ1v) is 8.55. The predicted molar refractivity (Wildman–Crippen MR) is 69.9 cm³/mol. The van der Waals surface area contributed by atoms with Crippen molar-refractivity contribution in [2.75, 3.05) is 0 Å². The Hall–Kier alpha value is -1.87. The second-order valence-electron chi connectivity index (χ2n) is 4.58. The maximum atomic E-state index is 13.8. The SMILES string of the molecule is Fc1c(F)c(F)c([SiH](O[SiH3])c2c(F)c(F)c(F)c(F)c2F)c(F)c1F. The standard InChI is InChI=1S/C12H4F10OSi2/c13-1-3(15)7(19)11(8(20)4(1)16)25(23-24)12-9(21)5(17)2(14)6(18)10(12)22/h25H,24H3. The van der Waals surface area contributed by atoms with Crippen LogP contribution < -0.4 is 10.4 Å². The molecule has 2 aromatic rings. The summed E-state index contributed by atoms with van der Waals surface area (Å²) in [7, 11) is -5.03. The number of halogens is 10. The van der Waals surface area contributed by atoms with Gasteiger partial charge in [-0.05, 0) is 0 Å². The van der Waals surface area contributed by atoms with Gasteiger partial charge in [0.05, 0.1) is 0 Å². The second kappa shape index (κ2) is 6.80. The van der Waals surface area contributed by atoms with E-state index in [9.17, 15) is 43.9 Å². The molecular formula is C12H4F10OSi2. The van der Waals surface area contributed by atoms with Crippen molar-refractivity contribution in [2.45, 2.75) is 0 Å². The van der Waals surface area contributed by atoms with Gasteiger partial charge in [0.1, 0.15) is 10.5 Å². The Balaban J connectivity index is 2.90. The molecular weight excluding hydrogens is 406 g/mol. The summed E-state index contributed by atoms with van der Waals surface area (Å²) >= 11 is 0. The van der Waals surface area contributed by atoms with Crippen molar-refractivity contribution in [3.8, 4) is 0 Å². The fourth-order valence-corrected chi connectivity index (χ4v) is 5.69. The third-order valence-electron chi connectivity index (χ3n) is 3.25. The zero-order valence-corrected chi connectivity index (χ0v) is 14.9. The molecule has 0 radical (unpaired) electrons. The monoisotopic (exact) mass is 410 g/mol. The summed E-state index contributed by atoms with van der Waals surface area (Å²) in [6, 6.07) is 0. The molecule has 0 N–H and O–H groups in total. The van der Waals surface area contributed by atoms with E-state index in [0.29, 0.717) is 0 Å². The van der Waals surface area contributed by atoms with Crippen LogP contribution >= 0.6 is 0 Å². The van der Waals surface area contributed by atoms with Crippen LogP contribution in [0.3, 0.4) is 0 Å². The van der Waals surface area contributed by atoms with E-state index in [4.69, 9.17) is 0 Å². The average molecular weight is 410 g/mol. The first-order valence-electron chi connectivity index (χ1n) is 6.11. The molecule has 0 aliphatic carbocycles. The van der Waals surface area contributed by atoms with Gasteiger partial charge in [-0.25, -0.2) is 43.9 Å². The predicted octanol–water partition coefficient (Wildman–Crippen LogP) is 1.21. The lowest BCUT2D eigenvalue weighted by Crippen LogP contribution is -2.52. The number of benzene rings is 2. The van der Waals surface area contributed by atoms with E-state index < -0.39 is 88.1 Å². The largest absolute Gasteiger partial charge is 0.459 e. The third-order valence-corrected chi connectivity index (χ3v) is 7.20. The molecule has 0 aliphatic rings. The summed E-state index contributed by atoms with van der Waals surface area (Å²) in [5, 5.41) is -3.48. The fraction of sp³-hybridized carbons (Fsp3) is 0. The second-order valence-corrected chi connectivity index (χ2v) is 8.38. The molecule has 0 amide bonds. The Morgan fingerprint density at radius 2 is 0.640 bits per heavy atom. The molecule has 0 saturated carbocycles. The summed E-state index contributed by atoms with van der Waals surface area (Å²) in [6.07, 6.45) is 0. The lowest BCUT2D eigenvalue weighted by Gasteiger charge is -2.19. The van der Waals surface area contributed by atoms with Gasteiger partial charge in [0.25, 0.3) is 0 Å². The average Bonchev–Trinajstić information content (AvgIpc) is 2.60. The van der Waals surface area contributed by atoms with Crippen molar-refractivity contribution in [2.24, 2.45) is 0 Å². The first kappa shape index (κ1) is 19.5. The highest BCUT2D eigenvalue weighted by atomic mass is 28.3. The van der Waals surface area contributed by atoms with Crippen molar-refractivity contribution in [1.82, 2.24) is 0 Å². The van der Waals surface area contributed by atoms with Gasteiger partial charge in [0.15, 0.2) is 46.5 Å². The molecule has 0 spiro atoms. The molecule has 0 aromatic heterocycles. The minimum Gasteiger partial charge on any atom is -0.459 e. The maximum Gasteiger partial charge on any atom is 0.240 e.